The first-order valence-corrected chi connectivity index (χ1v) is 7.69. The zero-order chi connectivity index (χ0) is 18.4. The average Bonchev–Trinajstić information content (AvgIpc) is 2.61. The SMILES string of the molecule is Cc1ccc(CN(C)C(=O)CNC(=O)c2cccc([N+](=O)[O-])c2)cc1. The quantitative estimate of drug-likeness (QED) is 0.644. The van der Waals surface area contributed by atoms with Crippen molar-refractivity contribution in [3.05, 3.63) is 75.3 Å². The van der Waals surface area contributed by atoms with Gasteiger partial charge in [0.2, 0.25) is 5.91 Å². The molecule has 0 atom stereocenters. The molecule has 2 rings (SSSR count). The molecule has 0 fully saturated rings. The largest absolute Gasteiger partial charge is 0.343 e. The second kappa shape index (κ2) is 8.05. The van der Waals surface area contributed by atoms with E-state index < -0.39 is 10.8 Å². The van der Waals surface area contributed by atoms with Gasteiger partial charge in [-0.15, -0.1) is 0 Å². The van der Waals surface area contributed by atoms with E-state index in [2.05, 4.69) is 5.32 Å². The summed E-state index contributed by atoms with van der Waals surface area (Å²) in [5, 5.41) is 13.2. The Morgan fingerprint density at radius 1 is 1.16 bits per heavy atom. The summed E-state index contributed by atoms with van der Waals surface area (Å²) in [6.45, 7) is 2.25. The second-order valence-electron chi connectivity index (χ2n) is 5.73. The molecule has 2 aromatic carbocycles. The highest BCUT2D eigenvalue weighted by molar-refractivity contribution is 5.96. The first-order valence-electron chi connectivity index (χ1n) is 7.69. The van der Waals surface area contributed by atoms with Gasteiger partial charge in [0, 0.05) is 31.3 Å². The molecule has 0 unspecified atom stereocenters. The van der Waals surface area contributed by atoms with Crippen LogP contribution in [-0.4, -0.2) is 35.2 Å². The number of carbonyl (C=O) groups is 2. The third kappa shape index (κ3) is 5.13. The lowest BCUT2D eigenvalue weighted by Gasteiger charge is -2.17. The minimum atomic E-state index is -0.572. The first-order chi connectivity index (χ1) is 11.9. The van der Waals surface area contributed by atoms with Crippen molar-refractivity contribution in [2.75, 3.05) is 13.6 Å². The Morgan fingerprint density at radius 2 is 1.84 bits per heavy atom. The molecule has 2 amide bonds. The van der Waals surface area contributed by atoms with E-state index in [1.807, 2.05) is 31.2 Å². The Balaban J connectivity index is 1.90. The normalized spacial score (nSPS) is 10.2. The molecule has 7 nitrogen and oxygen atoms in total. The van der Waals surface area contributed by atoms with Gasteiger partial charge in [-0.1, -0.05) is 35.9 Å². The number of carbonyl (C=O) groups excluding carboxylic acids is 2. The summed E-state index contributed by atoms with van der Waals surface area (Å²) in [6.07, 6.45) is 0. The van der Waals surface area contributed by atoms with E-state index in [-0.39, 0.29) is 23.7 Å². The summed E-state index contributed by atoms with van der Waals surface area (Å²) in [4.78, 5) is 35.8. The topological polar surface area (TPSA) is 92.6 Å². The van der Waals surface area contributed by atoms with Gasteiger partial charge in [-0.05, 0) is 18.6 Å². The van der Waals surface area contributed by atoms with Gasteiger partial charge >= 0.3 is 0 Å². The minimum absolute atomic E-state index is 0.142. The van der Waals surface area contributed by atoms with E-state index in [9.17, 15) is 19.7 Å². The number of nitro benzene ring substituents is 1. The average molecular weight is 341 g/mol. The van der Waals surface area contributed by atoms with Crippen LogP contribution in [0.3, 0.4) is 0 Å². The van der Waals surface area contributed by atoms with Crippen LogP contribution < -0.4 is 5.32 Å². The number of non-ortho nitro benzene ring substituents is 1. The predicted octanol–water partition coefficient (Wildman–Crippen LogP) is 2.29. The lowest BCUT2D eigenvalue weighted by molar-refractivity contribution is -0.384. The third-order valence-corrected chi connectivity index (χ3v) is 3.69. The lowest BCUT2D eigenvalue weighted by Crippen LogP contribution is -2.37. The van der Waals surface area contributed by atoms with Crippen LogP contribution in [0.15, 0.2) is 48.5 Å². The number of aryl methyl sites for hydroxylation is 1. The Kier molecular flexibility index (Phi) is 5.84. The zero-order valence-electron chi connectivity index (χ0n) is 14.1. The van der Waals surface area contributed by atoms with Crippen molar-refractivity contribution >= 4 is 17.5 Å². The van der Waals surface area contributed by atoms with Crippen LogP contribution in [0.4, 0.5) is 5.69 Å². The van der Waals surface area contributed by atoms with Crippen molar-refractivity contribution in [3.63, 3.8) is 0 Å². The van der Waals surface area contributed by atoms with Crippen LogP contribution in [0.1, 0.15) is 21.5 Å². The highest BCUT2D eigenvalue weighted by atomic mass is 16.6. The molecule has 0 heterocycles. The van der Waals surface area contributed by atoms with Crippen molar-refractivity contribution in [2.24, 2.45) is 0 Å². The van der Waals surface area contributed by atoms with Crippen LogP contribution >= 0.6 is 0 Å². The molecule has 1 N–H and O–H groups in total. The Labute approximate surface area is 145 Å². The Hall–Kier alpha value is -3.22. The van der Waals surface area contributed by atoms with Crippen molar-refractivity contribution in [1.29, 1.82) is 0 Å². The highest BCUT2D eigenvalue weighted by Crippen LogP contribution is 2.13. The van der Waals surface area contributed by atoms with Gasteiger partial charge in [0.05, 0.1) is 11.5 Å². The summed E-state index contributed by atoms with van der Waals surface area (Å²) in [5.41, 5.74) is 2.10. The van der Waals surface area contributed by atoms with Gasteiger partial charge in [-0.25, -0.2) is 0 Å². The maximum absolute atomic E-state index is 12.1. The number of nitrogens with zero attached hydrogens (tertiary/aromatic N) is 2. The van der Waals surface area contributed by atoms with Gasteiger partial charge in [0.1, 0.15) is 0 Å². The number of rotatable bonds is 6. The highest BCUT2D eigenvalue weighted by Gasteiger charge is 2.14. The lowest BCUT2D eigenvalue weighted by atomic mass is 10.1. The number of amides is 2. The molecule has 130 valence electrons. The number of likely N-dealkylation sites (N-methyl/N-ethyl adjacent to an activating group) is 1. The molecule has 25 heavy (non-hydrogen) atoms. The summed E-state index contributed by atoms with van der Waals surface area (Å²) < 4.78 is 0. The zero-order valence-corrected chi connectivity index (χ0v) is 14.1. The third-order valence-electron chi connectivity index (χ3n) is 3.69. The maximum Gasteiger partial charge on any atom is 0.270 e. The monoisotopic (exact) mass is 341 g/mol. The van der Waals surface area contributed by atoms with E-state index >= 15 is 0 Å². The summed E-state index contributed by atoms with van der Waals surface area (Å²) >= 11 is 0. The molecule has 0 aliphatic rings. The van der Waals surface area contributed by atoms with Crippen LogP contribution in [0.2, 0.25) is 0 Å². The summed E-state index contributed by atoms with van der Waals surface area (Å²) in [7, 11) is 1.65. The molecule has 0 radical (unpaired) electrons. The smallest absolute Gasteiger partial charge is 0.270 e. The second-order valence-corrected chi connectivity index (χ2v) is 5.73. The number of nitro groups is 1. The van der Waals surface area contributed by atoms with E-state index in [4.69, 9.17) is 0 Å². The van der Waals surface area contributed by atoms with Crippen molar-refractivity contribution in [2.45, 2.75) is 13.5 Å². The molecular formula is C18H19N3O4. The number of nitrogens with one attached hydrogen (secondary N) is 1. The van der Waals surface area contributed by atoms with Crippen molar-refractivity contribution in [1.82, 2.24) is 10.2 Å². The van der Waals surface area contributed by atoms with E-state index in [1.165, 1.54) is 29.2 Å². The van der Waals surface area contributed by atoms with Crippen LogP contribution in [-0.2, 0) is 11.3 Å². The van der Waals surface area contributed by atoms with Gasteiger partial charge < -0.3 is 10.2 Å². The van der Waals surface area contributed by atoms with E-state index in [0.29, 0.717) is 6.54 Å². The number of benzene rings is 2. The standard InChI is InChI=1S/C18H19N3O4/c1-13-6-8-14(9-7-13)12-20(2)17(22)11-19-18(23)15-4-3-5-16(10-15)21(24)25/h3-10H,11-12H2,1-2H3,(H,19,23). The number of hydrogen-bond acceptors (Lipinski definition) is 4. The molecule has 0 aliphatic heterocycles. The molecular weight excluding hydrogens is 322 g/mol. The molecule has 0 aliphatic carbocycles. The molecule has 2 aromatic rings. The van der Waals surface area contributed by atoms with Crippen LogP contribution in [0.25, 0.3) is 0 Å². The fraction of sp³-hybridized carbons (Fsp3) is 0.222. The molecule has 0 spiro atoms. The molecule has 0 saturated heterocycles. The molecule has 7 heteroatoms. The molecule has 0 saturated carbocycles. The maximum atomic E-state index is 12.1. The number of hydrogen-bond donors (Lipinski definition) is 1. The predicted molar refractivity (Wildman–Crippen MR) is 93.1 cm³/mol. The van der Waals surface area contributed by atoms with Crippen molar-refractivity contribution < 1.29 is 14.5 Å². The van der Waals surface area contributed by atoms with Gasteiger partial charge in [0.25, 0.3) is 11.6 Å². The Morgan fingerprint density at radius 3 is 2.48 bits per heavy atom. The molecule has 0 bridgehead atoms. The van der Waals surface area contributed by atoms with Crippen molar-refractivity contribution in [3.8, 4) is 0 Å². The molecule has 0 aromatic heterocycles. The van der Waals surface area contributed by atoms with Gasteiger partial charge in [-0.2, -0.15) is 0 Å². The Bertz CT molecular complexity index is 787. The van der Waals surface area contributed by atoms with Gasteiger partial charge in [-0.3, -0.25) is 19.7 Å². The minimum Gasteiger partial charge on any atom is -0.343 e. The van der Waals surface area contributed by atoms with Crippen LogP contribution in [0, 0.1) is 17.0 Å². The summed E-state index contributed by atoms with van der Waals surface area (Å²) in [5.74, 6) is -0.778. The summed E-state index contributed by atoms with van der Waals surface area (Å²) in [6, 6.07) is 13.2. The fourth-order valence-corrected chi connectivity index (χ4v) is 2.21. The van der Waals surface area contributed by atoms with Gasteiger partial charge in [0.15, 0.2) is 0 Å². The van der Waals surface area contributed by atoms with Crippen LogP contribution in [0.5, 0.6) is 0 Å². The first kappa shape index (κ1) is 18.1. The van der Waals surface area contributed by atoms with E-state index in [1.54, 1.807) is 7.05 Å². The fourth-order valence-electron chi connectivity index (χ4n) is 2.21. The van der Waals surface area contributed by atoms with E-state index in [0.717, 1.165) is 11.1 Å².